The van der Waals surface area contributed by atoms with E-state index in [2.05, 4.69) is 0 Å². The van der Waals surface area contributed by atoms with Crippen LogP contribution in [-0.4, -0.2) is 126 Å². The first-order valence-electron chi connectivity index (χ1n) is 6.65. The monoisotopic (exact) mass is 360 g/mol. The lowest BCUT2D eigenvalue weighted by Crippen LogP contribution is -2.46. The molecule has 0 fully saturated rings. The predicted octanol–water partition coefficient (Wildman–Crippen LogP) is -6.76. The van der Waals surface area contributed by atoms with Crippen LogP contribution in [0.15, 0.2) is 0 Å². The molecule has 0 amide bonds. The van der Waals surface area contributed by atoms with E-state index in [-0.39, 0.29) is 12.6 Å². The zero-order valence-corrected chi connectivity index (χ0v) is 12.5. The van der Waals surface area contributed by atoms with E-state index >= 15 is 0 Å². The third-order valence-corrected chi connectivity index (χ3v) is 2.84. The van der Waals surface area contributed by atoms with Crippen LogP contribution in [0.3, 0.4) is 0 Å². The van der Waals surface area contributed by atoms with Crippen molar-refractivity contribution in [3.8, 4) is 0 Å². The summed E-state index contributed by atoms with van der Waals surface area (Å²) in [7, 11) is 0. The van der Waals surface area contributed by atoms with E-state index in [1.807, 2.05) is 0 Å². The van der Waals surface area contributed by atoms with Crippen LogP contribution in [0, 0.1) is 0 Å². The molecule has 0 aliphatic rings. The molecule has 12 nitrogen and oxygen atoms in total. The summed E-state index contributed by atoms with van der Waals surface area (Å²) in [5.74, 6) is 0. The number of hydrogen-bond acceptors (Lipinski definition) is 12. The normalized spacial score (nSPS) is 21.1. The van der Waals surface area contributed by atoms with Gasteiger partial charge in [0.15, 0.2) is 12.6 Å². The van der Waals surface area contributed by atoms with E-state index in [9.17, 15) is 9.59 Å². The van der Waals surface area contributed by atoms with Gasteiger partial charge in [-0.25, -0.2) is 0 Å². The van der Waals surface area contributed by atoms with Crippen molar-refractivity contribution in [2.24, 2.45) is 0 Å². The van der Waals surface area contributed by atoms with Gasteiger partial charge in [0, 0.05) is 0 Å². The molecule has 0 aliphatic heterocycles. The van der Waals surface area contributed by atoms with Crippen molar-refractivity contribution in [2.75, 3.05) is 13.2 Å². The average Bonchev–Trinajstić information content (AvgIpc) is 2.62. The molecule has 0 bridgehead atoms. The van der Waals surface area contributed by atoms with Crippen LogP contribution in [0.2, 0.25) is 0 Å². The number of aliphatic hydroxyl groups excluding tert-OH is 10. The van der Waals surface area contributed by atoms with Crippen molar-refractivity contribution in [2.45, 2.75) is 48.8 Å². The van der Waals surface area contributed by atoms with Gasteiger partial charge in [0.1, 0.15) is 48.8 Å². The van der Waals surface area contributed by atoms with Gasteiger partial charge >= 0.3 is 0 Å². The lowest BCUT2D eigenvalue weighted by Gasteiger charge is -2.22. The molecule has 0 spiro atoms. The van der Waals surface area contributed by atoms with Gasteiger partial charge < -0.3 is 60.7 Å². The highest BCUT2D eigenvalue weighted by molar-refractivity contribution is 5.57. The maximum absolute atomic E-state index is 9.90. The van der Waals surface area contributed by atoms with E-state index in [4.69, 9.17) is 51.1 Å². The molecule has 0 aromatic heterocycles. The Morgan fingerprint density at radius 1 is 0.542 bits per heavy atom. The Kier molecular flexibility index (Phi) is 13.9. The maximum Gasteiger partial charge on any atom is 0.151 e. The van der Waals surface area contributed by atoms with Gasteiger partial charge in [-0.1, -0.05) is 0 Å². The van der Waals surface area contributed by atoms with Crippen LogP contribution in [0.25, 0.3) is 0 Å². The Bertz CT molecular complexity index is 308. The van der Waals surface area contributed by atoms with Gasteiger partial charge in [0.2, 0.25) is 0 Å². The summed E-state index contributed by atoms with van der Waals surface area (Å²) >= 11 is 0. The number of carbonyl (C=O) groups is 2. The summed E-state index contributed by atoms with van der Waals surface area (Å²) in [6, 6.07) is 0. The van der Waals surface area contributed by atoms with Crippen LogP contribution in [0.1, 0.15) is 0 Å². The number of hydrogen-bond donors (Lipinski definition) is 10. The predicted molar refractivity (Wildman–Crippen MR) is 74.4 cm³/mol. The van der Waals surface area contributed by atoms with E-state index in [1.165, 1.54) is 0 Å². The number of rotatable bonds is 10. The summed E-state index contributed by atoms with van der Waals surface area (Å²) in [6.07, 6.45) is -13.7. The fourth-order valence-corrected chi connectivity index (χ4v) is 1.24. The highest BCUT2D eigenvalue weighted by Gasteiger charge is 2.30. The van der Waals surface area contributed by atoms with E-state index < -0.39 is 62.0 Å². The zero-order valence-electron chi connectivity index (χ0n) is 12.5. The second-order valence-corrected chi connectivity index (χ2v) is 4.72. The summed E-state index contributed by atoms with van der Waals surface area (Å²) in [6.45, 7) is -1.52. The molecule has 0 radical (unpaired) electrons. The lowest BCUT2D eigenvalue weighted by atomic mass is 10.0. The van der Waals surface area contributed by atoms with Crippen LogP contribution in [-0.2, 0) is 9.59 Å². The second kappa shape index (κ2) is 13.3. The quantitative estimate of drug-likeness (QED) is 0.164. The Balaban J connectivity index is 0. The van der Waals surface area contributed by atoms with Gasteiger partial charge in [-0.3, -0.25) is 0 Å². The largest absolute Gasteiger partial charge is 0.394 e. The Hall–Kier alpha value is -1.06. The Morgan fingerprint density at radius 2 is 0.792 bits per heavy atom. The molecule has 24 heavy (non-hydrogen) atoms. The molecule has 0 aromatic rings. The maximum atomic E-state index is 9.90. The molecule has 0 aliphatic carbocycles. The van der Waals surface area contributed by atoms with Crippen molar-refractivity contribution < 1.29 is 60.7 Å². The van der Waals surface area contributed by atoms with Crippen LogP contribution >= 0.6 is 0 Å². The topological polar surface area (TPSA) is 236 Å². The van der Waals surface area contributed by atoms with E-state index in [0.717, 1.165) is 0 Å². The van der Waals surface area contributed by atoms with Crippen molar-refractivity contribution in [3.05, 3.63) is 0 Å². The summed E-state index contributed by atoms with van der Waals surface area (Å²) in [5.41, 5.74) is 0. The second-order valence-electron chi connectivity index (χ2n) is 4.72. The first-order valence-corrected chi connectivity index (χ1v) is 6.65. The molecule has 12 heteroatoms. The number of carbonyl (C=O) groups excluding carboxylic acids is 2. The zero-order chi connectivity index (χ0) is 19.4. The first kappa shape index (κ1) is 25.2. The average molecular weight is 360 g/mol. The molecule has 10 N–H and O–H groups in total. The first-order chi connectivity index (χ1) is 11.1. The molecule has 0 saturated carbocycles. The van der Waals surface area contributed by atoms with Crippen molar-refractivity contribution >= 4 is 12.6 Å². The lowest BCUT2D eigenvalue weighted by molar-refractivity contribution is -0.136. The molecule has 144 valence electrons. The fourth-order valence-electron chi connectivity index (χ4n) is 1.24. The summed E-state index contributed by atoms with van der Waals surface area (Å²) in [5, 5.41) is 87.1. The van der Waals surface area contributed by atoms with Crippen LogP contribution in [0.5, 0.6) is 0 Å². The fraction of sp³-hybridized carbons (Fsp3) is 0.833. The van der Waals surface area contributed by atoms with E-state index in [1.54, 1.807) is 0 Å². The standard InChI is InChI=1S/2C6H12O6/c2*7-1-3(9)5(11)6(12)4(10)2-8/h2*1,3-6,8-12H,2H2/t2*3-,4+,5-,6-/m00/s1. The molecule has 0 saturated heterocycles. The highest BCUT2D eigenvalue weighted by Crippen LogP contribution is 2.03. The molecule has 0 rings (SSSR count). The Morgan fingerprint density at radius 3 is 0.958 bits per heavy atom. The van der Waals surface area contributed by atoms with Gasteiger partial charge in [-0.05, 0) is 0 Å². The molecule has 0 aromatic carbocycles. The molecule has 0 heterocycles. The van der Waals surface area contributed by atoms with Crippen molar-refractivity contribution in [3.63, 3.8) is 0 Å². The van der Waals surface area contributed by atoms with Crippen LogP contribution < -0.4 is 0 Å². The Labute approximate surface area is 136 Å². The highest BCUT2D eigenvalue weighted by atomic mass is 16.4. The van der Waals surface area contributed by atoms with Gasteiger partial charge in [-0.2, -0.15) is 0 Å². The molecule has 8 atom stereocenters. The SMILES string of the molecule is O=C[C@H](O)[C@H](O)[C@@H](O)[C@H](O)CO.O=C[C@H](O)[C@H](O)[C@@H](O)[C@H](O)CO. The minimum absolute atomic E-state index is 0.0258. The minimum atomic E-state index is -1.79. The van der Waals surface area contributed by atoms with Crippen molar-refractivity contribution in [1.82, 2.24) is 0 Å². The van der Waals surface area contributed by atoms with Crippen molar-refractivity contribution in [1.29, 1.82) is 0 Å². The number of aliphatic hydroxyl groups is 10. The smallest absolute Gasteiger partial charge is 0.151 e. The van der Waals surface area contributed by atoms with Gasteiger partial charge in [0.25, 0.3) is 0 Å². The molecular formula is C12H24O12. The van der Waals surface area contributed by atoms with Gasteiger partial charge in [-0.15, -0.1) is 0 Å². The molecular weight excluding hydrogens is 336 g/mol. The number of aldehydes is 2. The minimum Gasteiger partial charge on any atom is -0.394 e. The van der Waals surface area contributed by atoms with E-state index in [0.29, 0.717) is 0 Å². The molecule has 0 unspecified atom stereocenters. The van der Waals surface area contributed by atoms with Gasteiger partial charge in [0.05, 0.1) is 13.2 Å². The summed E-state index contributed by atoms with van der Waals surface area (Å²) in [4.78, 5) is 19.8. The van der Waals surface area contributed by atoms with Crippen LogP contribution in [0.4, 0.5) is 0 Å². The summed E-state index contributed by atoms with van der Waals surface area (Å²) < 4.78 is 0. The third-order valence-electron chi connectivity index (χ3n) is 2.84. The third kappa shape index (κ3) is 8.70.